The fraction of sp³-hybridized carbons (Fsp3) is 0.533. The number of piperazine rings is 1. The molecule has 0 aromatic heterocycles. The van der Waals surface area contributed by atoms with Crippen molar-refractivity contribution in [2.75, 3.05) is 26.2 Å². The average molecular weight is 246 g/mol. The van der Waals surface area contributed by atoms with Gasteiger partial charge < -0.3 is 10.1 Å². The van der Waals surface area contributed by atoms with Crippen LogP contribution in [0, 0.1) is 0 Å². The summed E-state index contributed by atoms with van der Waals surface area (Å²) >= 11 is 0. The van der Waals surface area contributed by atoms with Gasteiger partial charge in [0.15, 0.2) is 0 Å². The monoisotopic (exact) mass is 246 g/mol. The Bertz CT molecular complexity index is 369. The lowest BCUT2D eigenvalue weighted by atomic mass is 9.97. The van der Waals surface area contributed by atoms with Crippen molar-refractivity contribution in [1.82, 2.24) is 10.2 Å². The molecular formula is C15H22N2O. The zero-order valence-electron chi connectivity index (χ0n) is 11.1. The van der Waals surface area contributed by atoms with Crippen molar-refractivity contribution < 1.29 is 4.79 Å². The summed E-state index contributed by atoms with van der Waals surface area (Å²) in [6.07, 6.45) is 1.61. The van der Waals surface area contributed by atoms with E-state index in [9.17, 15) is 4.79 Å². The summed E-state index contributed by atoms with van der Waals surface area (Å²) in [5, 5.41) is 3.36. The molecule has 1 aliphatic heterocycles. The van der Waals surface area contributed by atoms with E-state index in [2.05, 4.69) is 41.4 Å². The first-order chi connectivity index (χ1) is 8.79. The highest BCUT2D eigenvalue weighted by molar-refractivity contribution is 5.51. The highest BCUT2D eigenvalue weighted by atomic mass is 16.1. The van der Waals surface area contributed by atoms with Crippen molar-refractivity contribution in [3.05, 3.63) is 35.4 Å². The van der Waals surface area contributed by atoms with Crippen LogP contribution >= 0.6 is 0 Å². The fourth-order valence-electron chi connectivity index (χ4n) is 2.36. The van der Waals surface area contributed by atoms with Crippen LogP contribution in [0.5, 0.6) is 0 Å². The molecule has 1 heterocycles. The molecule has 3 heteroatoms. The van der Waals surface area contributed by atoms with Gasteiger partial charge in [-0.15, -0.1) is 0 Å². The predicted octanol–water partition coefficient (Wildman–Crippen LogP) is 1.78. The second-order valence-corrected chi connectivity index (χ2v) is 5.07. The first kappa shape index (κ1) is 13.2. The van der Waals surface area contributed by atoms with Crippen molar-refractivity contribution in [2.24, 2.45) is 0 Å². The number of aldehydes is 1. The van der Waals surface area contributed by atoms with Gasteiger partial charge in [-0.05, 0) is 17.0 Å². The lowest BCUT2D eigenvalue weighted by Gasteiger charge is -2.27. The van der Waals surface area contributed by atoms with Gasteiger partial charge in [0.25, 0.3) is 0 Å². The van der Waals surface area contributed by atoms with Crippen LogP contribution in [0.25, 0.3) is 0 Å². The standard InChI is InChI=1S/C15H22N2O/c1-13(6-11-18)15-4-2-14(3-5-15)12-17-9-7-16-8-10-17/h2-5,11,13,16H,6-10,12H2,1H3. The number of benzene rings is 1. The highest BCUT2D eigenvalue weighted by Crippen LogP contribution is 2.18. The van der Waals surface area contributed by atoms with Crippen LogP contribution in [-0.4, -0.2) is 37.4 Å². The van der Waals surface area contributed by atoms with Crippen molar-refractivity contribution >= 4 is 6.29 Å². The van der Waals surface area contributed by atoms with Crippen LogP contribution in [-0.2, 0) is 11.3 Å². The van der Waals surface area contributed by atoms with Gasteiger partial charge in [-0.2, -0.15) is 0 Å². The number of hydrogen-bond acceptors (Lipinski definition) is 3. The maximum Gasteiger partial charge on any atom is 0.120 e. The highest BCUT2D eigenvalue weighted by Gasteiger charge is 2.10. The Morgan fingerprint density at radius 2 is 1.94 bits per heavy atom. The van der Waals surface area contributed by atoms with E-state index in [1.807, 2.05) is 0 Å². The molecule has 1 aliphatic rings. The van der Waals surface area contributed by atoms with Crippen molar-refractivity contribution in [1.29, 1.82) is 0 Å². The van der Waals surface area contributed by atoms with E-state index in [1.54, 1.807) is 0 Å². The molecule has 1 aromatic carbocycles. The third kappa shape index (κ3) is 3.65. The molecule has 1 aromatic rings. The molecule has 1 saturated heterocycles. The van der Waals surface area contributed by atoms with Crippen LogP contribution in [0.3, 0.4) is 0 Å². The summed E-state index contributed by atoms with van der Waals surface area (Å²) in [7, 11) is 0. The minimum atomic E-state index is 0.329. The molecule has 1 atom stereocenters. The molecule has 1 unspecified atom stereocenters. The van der Waals surface area contributed by atoms with E-state index in [4.69, 9.17) is 0 Å². The molecule has 1 fully saturated rings. The zero-order chi connectivity index (χ0) is 12.8. The number of hydrogen-bond donors (Lipinski definition) is 1. The summed E-state index contributed by atoms with van der Waals surface area (Å²) in [6.45, 7) is 7.57. The summed E-state index contributed by atoms with van der Waals surface area (Å²) in [5.41, 5.74) is 2.62. The van der Waals surface area contributed by atoms with Gasteiger partial charge in [0.05, 0.1) is 0 Å². The van der Waals surface area contributed by atoms with Gasteiger partial charge in [0, 0.05) is 39.1 Å². The van der Waals surface area contributed by atoms with Gasteiger partial charge in [-0.1, -0.05) is 31.2 Å². The molecule has 1 N–H and O–H groups in total. The number of nitrogens with zero attached hydrogens (tertiary/aromatic N) is 1. The van der Waals surface area contributed by atoms with Crippen LogP contribution in [0.2, 0.25) is 0 Å². The first-order valence-electron chi connectivity index (χ1n) is 6.75. The van der Waals surface area contributed by atoms with Crippen molar-refractivity contribution in [3.63, 3.8) is 0 Å². The quantitative estimate of drug-likeness (QED) is 0.804. The Morgan fingerprint density at radius 3 is 2.56 bits per heavy atom. The summed E-state index contributed by atoms with van der Waals surface area (Å²) < 4.78 is 0. The molecule has 0 saturated carbocycles. The van der Waals surface area contributed by atoms with Crippen LogP contribution in [0.1, 0.15) is 30.4 Å². The molecule has 2 rings (SSSR count). The molecule has 3 nitrogen and oxygen atoms in total. The Kier molecular flexibility index (Phi) is 4.90. The van der Waals surface area contributed by atoms with E-state index in [-0.39, 0.29) is 0 Å². The first-order valence-corrected chi connectivity index (χ1v) is 6.75. The van der Waals surface area contributed by atoms with Gasteiger partial charge in [-0.25, -0.2) is 0 Å². The molecule has 18 heavy (non-hydrogen) atoms. The largest absolute Gasteiger partial charge is 0.314 e. The maximum atomic E-state index is 10.5. The Balaban J connectivity index is 1.92. The van der Waals surface area contributed by atoms with Gasteiger partial charge in [0.1, 0.15) is 6.29 Å². The van der Waals surface area contributed by atoms with E-state index < -0.39 is 0 Å². The Hall–Kier alpha value is -1.19. The maximum absolute atomic E-state index is 10.5. The predicted molar refractivity (Wildman–Crippen MR) is 73.7 cm³/mol. The number of nitrogens with one attached hydrogen (secondary N) is 1. The molecular weight excluding hydrogens is 224 g/mol. The lowest BCUT2D eigenvalue weighted by Crippen LogP contribution is -2.42. The topological polar surface area (TPSA) is 32.3 Å². The van der Waals surface area contributed by atoms with Crippen molar-refractivity contribution in [3.8, 4) is 0 Å². The summed E-state index contributed by atoms with van der Waals surface area (Å²) in [5.74, 6) is 0.329. The molecule has 98 valence electrons. The third-order valence-corrected chi connectivity index (χ3v) is 3.61. The average Bonchev–Trinajstić information content (AvgIpc) is 2.41. The normalized spacial score (nSPS) is 18.5. The Morgan fingerprint density at radius 1 is 1.28 bits per heavy atom. The van der Waals surface area contributed by atoms with E-state index in [1.165, 1.54) is 11.1 Å². The zero-order valence-corrected chi connectivity index (χ0v) is 11.1. The Labute approximate surface area is 109 Å². The lowest BCUT2D eigenvalue weighted by molar-refractivity contribution is -0.108. The molecule has 0 amide bonds. The number of carbonyl (C=O) groups excluding carboxylic acids is 1. The molecule has 0 aliphatic carbocycles. The van der Waals surface area contributed by atoms with E-state index in [0.29, 0.717) is 12.3 Å². The van der Waals surface area contributed by atoms with Crippen LogP contribution in [0.15, 0.2) is 24.3 Å². The van der Waals surface area contributed by atoms with Crippen molar-refractivity contribution in [2.45, 2.75) is 25.8 Å². The van der Waals surface area contributed by atoms with Gasteiger partial charge in [-0.3, -0.25) is 4.90 Å². The number of rotatable bonds is 5. The van der Waals surface area contributed by atoms with Crippen LogP contribution < -0.4 is 5.32 Å². The van der Waals surface area contributed by atoms with E-state index in [0.717, 1.165) is 39.0 Å². The van der Waals surface area contributed by atoms with E-state index >= 15 is 0 Å². The summed E-state index contributed by atoms with van der Waals surface area (Å²) in [4.78, 5) is 13.0. The third-order valence-electron chi connectivity index (χ3n) is 3.61. The molecule has 0 spiro atoms. The molecule has 0 radical (unpaired) electrons. The van der Waals surface area contributed by atoms with Gasteiger partial charge in [0.2, 0.25) is 0 Å². The number of carbonyl (C=O) groups is 1. The minimum Gasteiger partial charge on any atom is -0.314 e. The second kappa shape index (κ2) is 6.66. The van der Waals surface area contributed by atoms with Gasteiger partial charge >= 0.3 is 0 Å². The fourth-order valence-corrected chi connectivity index (χ4v) is 2.36. The summed E-state index contributed by atoms with van der Waals surface area (Å²) in [6, 6.07) is 8.70. The minimum absolute atomic E-state index is 0.329. The molecule has 0 bridgehead atoms. The SMILES string of the molecule is CC(CC=O)c1ccc(CN2CCNCC2)cc1. The smallest absolute Gasteiger partial charge is 0.120 e. The second-order valence-electron chi connectivity index (χ2n) is 5.07. The van der Waals surface area contributed by atoms with Crippen LogP contribution in [0.4, 0.5) is 0 Å².